The van der Waals surface area contributed by atoms with Gasteiger partial charge in [-0.25, -0.2) is 9.59 Å². The molecule has 4 heteroatoms. The summed E-state index contributed by atoms with van der Waals surface area (Å²) in [6.45, 7) is 1.95. The van der Waals surface area contributed by atoms with E-state index in [4.69, 9.17) is 10.5 Å². The van der Waals surface area contributed by atoms with E-state index in [0.29, 0.717) is 5.56 Å². The number of hydrogen-bond donors (Lipinski definition) is 1. The van der Waals surface area contributed by atoms with Crippen molar-refractivity contribution in [3.63, 3.8) is 0 Å². The fourth-order valence-corrected chi connectivity index (χ4v) is 1.52. The summed E-state index contributed by atoms with van der Waals surface area (Å²) < 4.78 is 4.94. The Hall–Kier alpha value is -1.90. The number of benzene rings is 1. The summed E-state index contributed by atoms with van der Waals surface area (Å²) >= 11 is 0. The molecular weight excluding hydrogens is 218 g/mol. The molecule has 17 heavy (non-hydrogen) atoms. The number of carbonyl (C=O) groups is 1. The molecule has 0 spiro atoms. The average molecular weight is 233 g/mol. The van der Waals surface area contributed by atoms with Crippen molar-refractivity contribution >= 4 is 11.9 Å². The van der Waals surface area contributed by atoms with Gasteiger partial charge in [-0.3, -0.25) is 0 Å². The molecule has 1 rings (SSSR count). The first-order chi connectivity index (χ1) is 8.15. The summed E-state index contributed by atoms with van der Waals surface area (Å²) in [5.74, 6) is 1.08. The summed E-state index contributed by atoms with van der Waals surface area (Å²) in [4.78, 5) is 22.1. The van der Waals surface area contributed by atoms with Crippen LogP contribution in [0.3, 0.4) is 0 Å². The van der Waals surface area contributed by atoms with Crippen LogP contribution in [0.4, 0.5) is 0 Å². The van der Waals surface area contributed by atoms with Gasteiger partial charge in [0.05, 0.1) is 6.61 Å². The van der Waals surface area contributed by atoms with E-state index in [0.717, 1.165) is 0 Å². The van der Waals surface area contributed by atoms with Gasteiger partial charge in [0.25, 0.3) is 0 Å². The van der Waals surface area contributed by atoms with E-state index in [-0.39, 0.29) is 13.0 Å². The molecule has 0 radical (unpaired) electrons. The predicted octanol–water partition coefficient (Wildman–Crippen LogP) is 1.18. The summed E-state index contributed by atoms with van der Waals surface area (Å²) in [5, 5.41) is 0. The minimum Gasteiger partial charge on any atom is -0.464 e. The van der Waals surface area contributed by atoms with Crippen LogP contribution >= 0.6 is 0 Å². The van der Waals surface area contributed by atoms with Gasteiger partial charge in [-0.2, -0.15) is 0 Å². The molecule has 0 aliphatic carbocycles. The maximum absolute atomic E-state index is 11.9. The van der Waals surface area contributed by atoms with E-state index in [1.165, 1.54) is 6.08 Å². The maximum Gasteiger partial charge on any atom is 0.331 e. The number of hydrogen-bond acceptors (Lipinski definition) is 4. The van der Waals surface area contributed by atoms with Crippen molar-refractivity contribution < 1.29 is 14.3 Å². The molecule has 1 aromatic rings. The van der Waals surface area contributed by atoms with Crippen molar-refractivity contribution in [2.45, 2.75) is 18.9 Å². The second kappa shape index (κ2) is 5.99. The van der Waals surface area contributed by atoms with E-state index in [1.807, 2.05) is 6.07 Å². The van der Waals surface area contributed by atoms with Crippen molar-refractivity contribution in [3.05, 3.63) is 42.0 Å². The van der Waals surface area contributed by atoms with E-state index in [1.54, 1.807) is 37.1 Å². The molecule has 1 atom stereocenters. The van der Waals surface area contributed by atoms with Gasteiger partial charge in [0, 0.05) is 12.5 Å². The van der Waals surface area contributed by atoms with Crippen molar-refractivity contribution in [1.29, 1.82) is 0 Å². The fraction of sp³-hybridized carbons (Fsp3) is 0.308. The van der Waals surface area contributed by atoms with Gasteiger partial charge in [0.1, 0.15) is 11.5 Å². The zero-order valence-electron chi connectivity index (χ0n) is 9.68. The second-order valence-electron chi connectivity index (χ2n) is 3.58. The van der Waals surface area contributed by atoms with Crippen LogP contribution in [0, 0.1) is 0 Å². The summed E-state index contributed by atoms with van der Waals surface area (Å²) in [6.07, 6.45) is 1.27. The highest BCUT2D eigenvalue weighted by Crippen LogP contribution is 2.24. The van der Waals surface area contributed by atoms with Crippen LogP contribution in [-0.4, -0.2) is 18.5 Å². The van der Waals surface area contributed by atoms with Crippen LogP contribution in [0.2, 0.25) is 0 Å². The van der Waals surface area contributed by atoms with E-state index in [2.05, 4.69) is 0 Å². The molecule has 0 heterocycles. The lowest BCUT2D eigenvalue weighted by Gasteiger charge is -2.25. The van der Waals surface area contributed by atoms with Crippen LogP contribution in [0.25, 0.3) is 0 Å². The highest BCUT2D eigenvalue weighted by atomic mass is 16.5. The van der Waals surface area contributed by atoms with Crippen LogP contribution in [0.15, 0.2) is 36.4 Å². The largest absolute Gasteiger partial charge is 0.464 e. The van der Waals surface area contributed by atoms with E-state index < -0.39 is 11.5 Å². The standard InChI is InChI=1S/C13H15NO3/c1-2-17-12(16)13(14,9-6-10-15)11-7-4-3-5-8-11/h3-8H,2,9,14H2,1H3/t13-/m0/s1. The summed E-state index contributed by atoms with van der Waals surface area (Å²) in [7, 11) is 0. The Morgan fingerprint density at radius 3 is 2.65 bits per heavy atom. The van der Waals surface area contributed by atoms with Gasteiger partial charge < -0.3 is 10.5 Å². The van der Waals surface area contributed by atoms with Gasteiger partial charge in [-0.05, 0) is 12.5 Å². The highest BCUT2D eigenvalue weighted by Gasteiger charge is 2.36. The maximum atomic E-state index is 11.9. The molecule has 0 saturated heterocycles. The molecule has 1 aromatic carbocycles. The number of esters is 1. The lowest BCUT2D eigenvalue weighted by Crippen LogP contribution is -2.45. The van der Waals surface area contributed by atoms with Crippen LogP contribution in [0.1, 0.15) is 18.9 Å². The Morgan fingerprint density at radius 1 is 1.47 bits per heavy atom. The lowest BCUT2D eigenvalue weighted by molar-refractivity contribution is -0.150. The van der Waals surface area contributed by atoms with Crippen molar-refractivity contribution in [3.8, 4) is 0 Å². The number of carbonyl (C=O) groups excluding carboxylic acids is 2. The fourth-order valence-electron chi connectivity index (χ4n) is 1.52. The quantitative estimate of drug-likeness (QED) is 0.612. The number of nitrogens with two attached hydrogens (primary N) is 1. The first kappa shape index (κ1) is 13.2. The van der Waals surface area contributed by atoms with Crippen LogP contribution < -0.4 is 5.73 Å². The Labute approximate surface area is 100 Å². The zero-order chi connectivity index (χ0) is 12.7. The smallest absolute Gasteiger partial charge is 0.331 e. The molecular formula is C13H15NO3. The average Bonchev–Trinajstić information content (AvgIpc) is 2.37. The second-order valence-corrected chi connectivity index (χ2v) is 3.58. The molecule has 0 fully saturated rings. The molecule has 2 N–H and O–H groups in total. The predicted molar refractivity (Wildman–Crippen MR) is 63.8 cm³/mol. The Morgan fingerprint density at radius 2 is 2.12 bits per heavy atom. The first-order valence-electron chi connectivity index (χ1n) is 5.36. The molecule has 0 unspecified atom stereocenters. The van der Waals surface area contributed by atoms with Crippen LogP contribution in [0.5, 0.6) is 0 Å². The molecule has 4 nitrogen and oxygen atoms in total. The topological polar surface area (TPSA) is 69.4 Å². The van der Waals surface area contributed by atoms with Crippen molar-refractivity contribution in [2.75, 3.05) is 6.61 Å². The van der Waals surface area contributed by atoms with Crippen molar-refractivity contribution in [2.24, 2.45) is 5.73 Å². The normalized spacial score (nSPS) is 13.3. The Bertz CT molecular complexity index is 424. The third kappa shape index (κ3) is 3.03. The van der Waals surface area contributed by atoms with Gasteiger partial charge in [-0.1, -0.05) is 30.3 Å². The third-order valence-corrected chi connectivity index (χ3v) is 2.44. The van der Waals surface area contributed by atoms with Gasteiger partial charge in [0.2, 0.25) is 0 Å². The van der Waals surface area contributed by atoms with E-state index in [9.17, 15) is 9.59 Å². The number of ether oxygens (including phenoxy) is 1. The molecule has 0 aliphatic rings. The van der Waals surface area contributed by atoms with Gasteiger partial charge in [0.15, 0.2) is 0 Å². The summed E-state index contributed by atoms with van der Waals surface area (Å²) in [5.41, 5.74) is 5.34. The van der Waals surface area contributed by atoms with Crippen molar-refractivity contribution in [1.82, 2.24) is 0 Å². The summed E-state index contributed by atoms with van der Waals surface area (Å²) in [6, 6.07) is 8.84. The monoisotopic (exact) mass is 233 g/mol. The third-order valence-electron chi connectivity index (χ3n) is 2.44. The number of rotatable bonds is 5. The SMILES string of the molecule is CCOC(=O)[C@](N)(CC=C=O)c1ccccc1. The minimum absolute atomic E-state index is 0.0688. The molecule has 0 amide bonds. The minimum atomic E-state index is -1.32. The molecule has 0 saturated carbocycles. The lowest BCUT2D eigenvalue weighted by atomic mass is 9.88. The van der Waals surface area contributed by atoms with Crippen LogP contribution in [-0.2, 0) is 19.9 Å². The molecule has 90 valence electrons. The zero-order valence-corrected chi connectivity index (χ0v) is 9.68. The molecule has 0 aliphatic heterocycles. The Balaban J connectivity index is 3.09. The molecule has 0 bridgehead atoms. The van der Waals surface area contributed by atoms with Gasteiger partial charge >= 0.3 is 5.97 Å². The first-order valence-corrected chi connectivity index (χ1v) is 5.36. The molecule has 0 aromatic heterocycles. The van der Waals surface area contributed by atoms with E-state index >= 15 is 0 Å². The Kier molecular flexibility index (Phi) is 4.64. The highest BCUT2D eigenvalue weighted by molar-refractivity contribution is 5.83. The van der Waals surface area contributed by atoms with Gasteiger partial charge in [-0.15, -0.1) is 0 Å².